The first-order valence-corrected chi connectivity index (χ1v) is 11.4. The van der Waals surface area contributed by atoms with Crippen LogP contribution in [0.1, 0.15) is 22.3 Å². The lowest BCUT2D eigenvalue weighted by Crippen LogP contribution is -2.02. The normalized spacial score (nSPS) is 10.4. The molecule has 0 heterocycles. The third-order valence-electron chi connectivity index (χ3n) is 5.52. The average Bonchev–Trinajstić information content (AvgIpc) is 2.93. The molecule has 0 aliphatic carbocycles. The van der Waals surface area contributed by atoms with Crippen molar-refractivity contribution in [3.63, 3.8) is 0 Å². The quantitative estimate of drug-likeness (QED) is 0.241. The molecule has 2 heteroatoms. The van der Waals surface area contributed by atoms with E-state index in [1.807, 2.05) is 97.1 Å². The van der Waals surface area contributed by atoms with Crippen molar-refractivity contribution in [2.45, 2.75) is 0 Å². The molecule has 0 unspecified atom stereocenters. The second-order valence-electron chi connectivity index (χ2n) is 7.90. The van der Waals surface area contributed by atoms with Crippen LogP contribution in [0.5, 0.6) is 0 Å². The maximum Gasteiger partial charge on any atom is 0.0781 e. The Hall–Kier alpha value is -4.56. The first kappa shape index (κ1) is 21.3. The number of nitrogens with zero attached hydrogens (tertiary/aromatic N) is 2. The van der Waals surface area contributed by atoms with Crippen LogP contribution in [-0.4, -0.2) is 11.4 Å². The minimum Gasteiger partial charge on any atom is -0.248 e. The monoisotopic (exact) mass is 436 g/mol. The van der Waals surface area contributed by atoms with Crippen molar-refractivity contribution in [3.05, 3.63) is 168 Å². The summed E-state index contributed by atoms with van der Waals surface area (Å²) in [6.07, 6.45) is 0. The van der Waals surface area contributed by atoms with Crippen molar-refractivity contribution in [1.29, 1.82) is 0 Å². The van der Waals surface area contributed by atoms with Gasteiger partial charge in [0.15, 0.2) is 0 Å². The van der Waals surface area contributed by atoms with Crippen LogP contribution in [0.2, 0.25) is 0 Å². The van der Waals surface area contributed by atoms with Crippen LogP contribution in [0.4, 0.5) is 11.4 Å². The maximum absolute atomic E-state index is 5.00. The Kier molecular flexibility index (Phi) is 6.50. The van der Waals surface area contributed by atoms with Crippen molar-refractivity contribution in [2.75, 3.05) is 0 Å². The van der Waals surface area contributed by atoms with Gasteiger partial charge in [0.1, 0.15) is 0 Å². The molecule has 0 fully saturated rings. The van der Waals surface area contributed by atoms with E-state index >= 15 is 0 Å². The highest BCUT2D eigenvalue weighted by Crippen LogP contribution is 2.24. The van der Waals surface area contributed by atoms with E-state index < -0.39 is 0 Å². The largest absolute Gasteiger partial charge is 0.248 e. The molecular formula is C32H24N2. The molecule has 0 saturated carbocycles. The molecule has 2 nitrogen and oxygen atoms in total. The van der Waals surface area contributed by atoms with Gasteiger partial charge in [-0.2, -0.15) is 0 Å². The minimum absolute atomic E-state index is 0.891. The van der Waals surface area contributed by atoms with Gasteiger partial charge >= 0.3 is 0 Å². The molecule has 0 radical (unpaired) electrons. The summed E-state index contributed by atoms with van der Waals surface area (Å²) in [5.41, 5.74) is 8.04. The molecule has 5 aromatic carbocycles. The highest BCUT2D eigenvalue weighted by Gasteiger charge is 2.08. The summed E-state index contributed by atoms with van der Waals surface area (Å²) in [6, 6.07) is 49.3. The summed E-state index contributed by atoms with van der Waals surface area (Å²) < 4.78 is 0. The van der Waals surface area contributed by atoms with Crippen LogP contribution in [-0.2, 0) is 0 Å². The predicted molar refractivity (Wildman–Crippen MR) is 143 cm³/mol. The van der Waals surface area contributed by atoms with E-state index in [1.54, 1.807) is 0 Å². The third-order valence-corrected chi connectivity index (χ3v) is 5.52. The third kappa shape index (κ3) is 5.08. The van der Waals surface area contributed by atoms with Gasteiger partial charge in [0.25, 0.3) is 0 Å². The van der Waals surface area contributed by atoms with Crippen molar-refractivity contribution < 1.29 is 0 Å². The summed E-state index contributed by atoms with van der Waals surface area (Å²) in [6.45, 7) is 0. The standard InChI is InChI=1S/C32H24N2/c1-5-13-25(14-6-1)31(26-15-7-2-8-16-26)33-29-21-23-30(24-22-29)34-32(27-17-9-3-10-18-27)28-19-11-4-12-20-28/h1-24H. The fourth-order valence-corrected chi connectivity index (χ4v) is 3.84. The number of benzene rings is 5. The summed E-state index contributed by atoms with van der Waals surface area (Å²) in [5.74, 6) is 0. The van der Waals surface area contributed by atoms with E-state index in [4.69, 9.17) is 9.98 Å². The fourth-order valence-electron chi connectivity index (χ4n) is 3.84. The Balaban J connectivity index is 1.52. The predicted octanol–water partition coefficient (Wildman–Crippen LogP) is 8.02. The van der Waals surface area contributed by atoms with Crippen LogP contribution in [0.15, 0.2) is 156 Å². The van der Waals surface area contributed by atoms with Gasteiger partial charge in [-0.05, 0) is 24.3 Å². The number of aliphatic imine (C=N–C) groups is 2. The Morgan fingerprint density at radius 1 is 0.294 bits per heavy atom. The SMILES string of the molecule is c1ccc(C(=Nc2ccc(N=C(c3ccccc3)c3ccccc3)cc2)c2ccccc2)cc1. The van der Waals surface area contributed by atoms with Crippen LogP contribution in [0.25, 0.3) is 0 Å². The Labute approximate surface area is 200 Å². The number of hydrogen-bond donors (Lipinski definition) is 0. The summed E-state index contributed by atoms with van der Waals surface area (Å²) in [5, 5.41) is 0. The van der Waals surface area contributed by atoms with Crippen molar-refractivity contribution >= 4 is 22.8 Å². The molecule has 5 aromatic rings. The smallest absolute Gasteiger partial charge is 0.0781 e. The summed E-state index contributed by atoms with van der Waals surface area (Å²) in [7, 11) is 0. The molecule has 0 N–H and O–H groups in total. The number of hydrogen-bond acceptors (Lipinski definition) is 2. The lowest BCUT2D eigenvalue weighted by molar-refractivity contribution is 1.44. The van der Waals surface area contributed by atoms with E-state index in [1.165, 1.54) is 0 Å². The topological polar surface area (TPSA) is 24.7 Å². The molecule has 0 amide bonds. The lowest BCUT2D eigenvalue weighted by atomic mass is 10.0. The van der Waals surface area contributed by atoms with E-state index in [0.717, 1.165) is 45.1 Å². The Morgan fingerprint density at radius 2 is 0.529 bits per heavy atom. The zero-order chi connectivity index (χ0) is 23.0. The molecule has 0 spiro atoms. The van der Waals surface area contributed by atoms with Gasteiger partial charge in [0, 0.05) is 22.3 Å². The van der Waals surface area contributed by atoms with Gasteiger partial charge in [-0.3, -0.25) is 0 Å². The summed E-state index contributed by atoms with van der Waals surface area (Å²) in [4.78, 5) is 10.0. The number of rotatable bonds is 6. The average molecular weight is 437 g/mol. The van der Waals surface area contributed by atoms with Gasteiger partial charge in [-0.25, -0.2) is 9.98 Å². The van der Waals surface area contributed by atoms with Gasteiger partial charge in [-0.1, -0.05) is 121 Å². The zero-order valence-corrected chi connectivity index (χ0v) is 18.8. The van der Waals surface area contributed by atoms with Crippen molar-refractivity contribution in [3.8, 4) is 0 Å². The molecule has 34 heavy (non-hydrogen) atoms. The summed E-state index contributed by atoms with van der Waals surface area (Å²) >= 11 is 0. The molecule has 0 atom stereocenters. The van der Waals surface area contributed by atoms with E-state index in [9.17, 15) is 0 Å². The van der Waals surface area contributed by atoms with E-state index in [-0.39, 0.29) is 0 Å². The molecule has 0 aliphatic heterocycles. The van der Waals surface area contributed by atoms with Crippen LogP contribution in [0.3, 0.4) is 0 Å². The zero-order valence-electron chi connectivity index (χ0n) is 18.8. The van der Waals surface area contributed by atoms with Gasteiger partial charge < -0.3 is 0 Å². The van der Waals surface area contributed by atoms with Gasteiger partial charge in [-0.15, -0.1) is 0 Å². The van der Waals surface area contributed by atoms with E-state index in [0.29, 0.717) is 0 Å². The van der Waals surface area contributed by atoms with E-state index in [2.05, 4.69) is 48.5 Å². The first-order valence-electron chi connectivity index (χ1n) is 11.4. The second kappa shape index (κ2) is 10.4. The Morgan fingerprint density at radius 3 is 0.765 bits per heavy atom. The molecule has 5 rings (SSSR count). The molecule has 0 aromatic heterocycles. The van der Waals surface area contributed by atoms with Gasteiger partial charge in [0.2, 0.25) is 0 Å². The maximum atomic E-state index is 5.00. The molecule has 0 aliphatic rings. The highest BCUT2D eigenvalue weighted by atomic mass is 14.8. The molecular weight excluding hydrogens is 412 g/mol. The van der Waals surface area contributed by atoms with Crippen LogP contribution >= 0.6 is 0 Å². The minimum atomic E-state index is 0.891. The van der Waals surface area contributed by atoms with Crippen molar-refractivity contribution in [2.24, 2.45) is 9.98 Å². The van der Waals surface area contributed by atoms with Crippen LogP contribution < -0.4 is 0 Å². The first-order chi connectivity index (χ1) is 16.9. The Bertz CT molecular complexity index is 1190. The molecule has 162 valence electrons. The fraction of sp³-hybridized carbons (Fsp3) is 0. The van der Waals surface area contributed by atoms with Gasteiger partial charge in [0.05, 0.1) is 22.8 Å². The van der Waals surface area contributed by atoms with Crippen molar-refractivity contribution in [1.82, 2.24) is 0 Å². The molecule has 0 bridgehead atoms. The lowest BCUT2D eigenvalue weighted by Gasteiger charge is -2.09. The van der Waals surface area contributed by atoms with Crippen LogP contribution in [0, 0.1) is 0 Å². The highest BCUT2D eigenvalue weighted by molar-refractivity contribution is 6.14. The molecule has 0 saturated heterocycles. The second-order valence-corrected chi connectivity index (χ2v) is 7.90.